The Kier molecular flexibility index (Phi) is 6.99. The summed E-state index contributed by atoms with van der Waals surface area (Å²) in [5, 5.41) is 4.07. The third-order valence-corrected chi connectivity index (χ3v) is 6.79. The molecular formula is C25H29N3O2S. The zero-order valence-electron chi connectivity index (χ0n) is 18.1. The summed E-state index contributed by atoms with van der Waals surface area (Å²) in [6.45, 7) is 4.60. The van der Waals surface area contributed by atoms with Gasteiger partial charge in [-0.1, -0.05) is 48.9 Å². The second-order valence-corrected chi connectivity index (χ2v) is 9.08. The van der Waals surface area contributed by atoms with E-state index >= 15 is 0 Å². The van der Waals surface area contributed by atoms with Gasteiger partial charge < -0.3 is 10.1 Å². The second kappa shape index (κ2) is 10.1. The molecule has 1 aliphatic heterocycles. The predicted molar refractivity (Wildman–Crippen MR) is 126 cm³/mol. The number of benzene rings is 2. The van der Waals surface area contributed by atoms with E-state index < -0.39 is 0 Å². The second-order valence-electron chi connectivity index (χ2n) is 7.87. The van der Waals surface area contributed by atoms with Crippen LogP contribution in [-0.2, 0) is 0 Å². The van der Waals surface area contributed by atoms with Gasteiger partial charge in [-0.15, -0.1) is 11.3 Å². The molecule has 2 aromatic carbocycles. The summed E-state index contributed by atoms with van der Waals surface area (Å²) in [4.78, 5) is 21.1. The number of nitrogens with zero attached hydrogens (tertiary/aromatic N) is 2. The third kappa shape index (κ3) is 5.14. The maximum atomic E-state index is 13.2. The van der Waals surface area contributed by atoms with Crippen LogP contribution in [0.3, 0.4) is 0 Å². The lowest BCUT2D eigenvalue weighted by molar-refractivity contribution is 0.0920. The number of carbonyl (C=O) groups is 1. The maximum absolute atomic E-state index is 13.2. The average Bonchev–Trinajstić information content (AvgIpc) is 3.22. The summed E-state index contributed by atoms with van der Waals surface area (Å²) in [7, 11) is 1.68. The number of thiazole rings is 1. The van der Waals surface area contributed by atoms with Gasteiger partial charge in [0.25, 0.3) is 5.91 Å². The van der Waals surface area contributed by atoms with Crippen LogP contribution in [0.15, 0.2) is 54.6 Å². The van der Waals surface area contributed by atoms with Gasteiger partial charge >= 0.3 is 0 Å². The number of hydrogen-bond acceptors (Lipinski definition) is 5. The standard InChI is InChI=1S/C25H29N3O2S/c1-18-27-23(24(31-18)20-9-5-3-6-10-20)25(29)26-17-22(28-15-7-4-8-16-28)19-11-13-21(30-2)14-12-19/h3,5-6,9-14,22H,4,7-8,15-17H2,1-2H3,(H,26,29). The molecule has 1 aromatic heterocycles. The van der Waals surface area contributed by atoms with E-state index in [1.54, 1.807) is 18.4 Å². The van der Waals surface area contributed by atoms with E-state index in [-0.39, 0.29) is 11.9 Å². The zero-order chi connectivity index (χ0) is 21.6. The van der Waals surface area contributed by atoms with Gasteiger partial charge in [0, 0.05) is 6.54 Å². The van der Waals surface area contributed by atoms with Gasteiger partial charge in [0.15, 0.2) is 0 Å². The van der Waals surface area contributed by atoms with E-state index in [0.29, 0.717) is 12.2 Å². The highest BCUT2D eigenvalue weighted by molar-refractivity contribution is 7.15. The Hall–Kier alpha value is -2.70. The molecule has 162 valence electrons. The Balaban J connectivity index is 1.53. The highest BCUT2D eigenvalue weighted by Gasteiger charge is 2.25. The van der Waals surface area contributed by atoms with Crippen LogP contribution in [0.25, 0.3) is 10.4 Å². The van der Waals surface area contributed by atoms with Crippen LogP contribution >= 0.6 is 11.3 Å². The van der Waals surface area contributed by atoms with Crippen LogP contribution in [0.4, 0.5) is 0 Å². The Bertz CT molecular complexity index is 995. The normalized spacial score (nSPS) is 15.4. The minimum atomic E-state index is -0.112. The summed E-state index contributed by atoms with van der Waals surface area (Å²) in [5.41, 5.74) is 2.74. The van der Waals surface area contributed by atoms with Crippen LogP contribution in [0.2, 0.25) is 0 Å². The minimum Gasteiger partial charge on any atom is -0.497 e. The molecule has 0 aliphatic carbocycles. The van der Waals surface area contributed by atoms with E-state index in [9.17, 15) is 4.79 Å². The first-order valence-corrected chi connectivity index (χ1v) is 11.7. The topological polar surface area (TPSA) is 54.5 Å². The van der Waals surface area contributed by atoms with Crippen molar-refractivity contribution in [3.63, 3.8) is 0 Å². The molecule has 0 bridgehead atoms. The summed E-state index contributed by atoms with van der Waals surface area (Å²) in [6.07, 6.45) is 3.67. The fourth-order valence-corrected chi connectivity index (χ4v) is 5.07. The van der Waals surface area contributed by atoms with Gasteiger partial charge in [-0.25, -0.2) is 4.98 Å². The van der Waals surface area contributed by atoms with Crippen LogP contribution in [0.1, 0.15) is 46.4 Å². The number of likely N-dealkylation sites (tertiary alicyclic amines) is 1. The van der Waals surface area contributed by atoms with Crippen LogP contribution in [-0.4, -0.2) is 42.5 Å². The van der Waals surface area contributed by atoms with Crippen molar-refractivity contribution in [1.29, 1.82) is 0 Å². The Morgan fingerprint density at radius 3 is 2.48 bits per heavy atom. The molecule has 4 rings (SSSR count). The lowest BCUT2D eigenvalue weighted by atomic mass is 10.0. The number of hydrogen-bond donors (Lipinski definition) is 1. The molecule has 6 heteroatoms. The number of rotatable bonds is 7. The molecule has 0 spiro atoms. The molecule has 1 amide bonds. The molecule has 1 saturated heterocycles. The molecular weight excluding hydrogens is 406 g/mol. The predicted octanol–water partition coefficient (Wildman–Crippen LogP) is 5.08. The Morgan fingerprint density at radius 1 is 1.10 bits per heavy atom. The van der Waals surface area contributed by atoms with Crippen molar-refractivity contribution in [2.24, 2.45) is 0 Å². The van der Waals surface area contributed by atoms with E-state index in [0.717, 1.165) is 34.3 Å². The van der Waals surface area contributed by atoms with E-state index in [4.69, 9.17) is 4.74 Å². The highest BCUT2D eigenvalue weighted by Crippen LogP contribution is 2.30. The van der Waals surface area contributed by atoms with Gasteiger partial charge in [0.2, 0.25) is 0 Å². The van der Waals surface area contributed by atoms with Crippen LogP contribution in [0.5, 0.6) is 5.75 Å². The van der Waals surface area contributed by atoms with Gasteiger partial charge in [-0.2, -0.15) is 0 Å². The molecule has 1 fully saturated rings. The molecule has 3 aromatic rings. The van der Waals surface area contributed by atoms with Gasteiger partial charge in [0.05, 0.1) is 23.0 Å². The smallest absolute Gasteiger partial charge is 0.271 e. The molecule has 1 unspecified atom stereocenters. The lowest BCUT2D eigenvalue weighted by Gasteiger charge is -2.35. The van der Waals surface area contributed by atoms with E-state index in [1.165, 1.54) is 24.8 Å². The molecule has 1 aliphatic rings. The fraction of sp³-hybridized carbons (Fsp3) is 0.360. The number of aryl methyl sites for hydroxylation is 1. The first-order chi connectivity index (χ1) is 15.2. The number of carbonyl (C=O) groups excluding carboxylic acids is 1. The number of ether oxygens (including phenoxy) is 1. The molecule has 31 heavy (non-hydrogen) atoms. The summed E-state index contributed by atoms with van der Waals surface area (Å²) in [6, 6.07) is 18.3. The summed E-state index contributed by atoms with van der Waals surface area (Å²) >= 11 is 1.56. The molecule has 0 radical (unpaired) electrons. The monoisotopic (exact) mass is 435 g/mol. The first kappa shape index (κ1) is 21.5. The van der Waals surface area contributed by atoms with Gasteiger partial charge in [0.1, 0.15) is 11.4 Å². The van der Waals surface area contributed by atoms with Crippen molar-refractivity contribution >= 4 is 17.2 Å². The zero-order valence-corrected chi connectivity index (χ0v) is 19.0. The molecule has 5 nitrogen and oxygen atoms in total. The molecule has 0 saturated carbocycles. The van der Waals surface area contributed by atoms with E-state index in [1.807, 2.05) is 49.4 Å². The van der Waals surface area contributed by atoms with Crippen LogP contribution in [0, 0.1) is 6.92 Å². The number of piperidine rings is 1. The number of nitrogens with one attached hydrogen (secondary N) is 1. The molecule has 1 atom stereocenters. The third-order valence-electron chi connectivity index (χ3n) is 5.77. The maximum Gasteiger partial charge on any atom is 0.271 e. The lowest BCUT2D eigenvalue weighted by Crippen LogP contribution is -2.40. The van der Waals surface area contributed by atoms with Crippen LogP contribution < -0.4 is 10.1 Å². The largest absolute Gasteiger partial charge is 0.497 e. The SMILES string of the molecule is COc1ccc(C(CNC(=O)c2nc(C)sc2-c2ccccc2)N2CCCCC2)cc1. The van der Waals surface area contributed by atoms with Crippen molar-refractivity contribution in [3.8, 4) is 16.2 Å². The van der Waals surface area contributed by atoms with Gasteiger partial charge in [-0.05, 0) is 56.1 Å². The van der Waals surface area contributed by atoms with E-state index in [2.05, 4.69) is 27.3 Å². The number of aromatic nitrogens is 1. The van der Waals surface area contributed by atoms with Crippen molar-refractivity contribution in [2.45, 2.75) is 32.2 Å². The van der Waals surface area contributed by atoms with Gasteiger partial charge in [-0.3, -0.25) is 9.69 Å². The molecule has 1 N–H and O–H groups in total. The number of methoxy groups -OCH3 is 1. The quantitative estimate of drug-likeness (QED) is 0.562. The van der Waals surface area contributed by atoms with Crippen molar-refractivity contribution in [1.82, 2.24) is 15.2 Å². The summed E-state index contributed by atoms with van der Waals surface area (Å²) in [5.74, 6) is 0.731. The van der Waals surface area contributed by atoms with Crippen molar-refractivity contribution < 1.29 is 9.53 Å². The highest BCUT2D eigenvalue weighted by atomic mass is 32.1. The van der Waals surface area contributed by atoms with Crippen molar-refractivity contribution in [2.75, 3.05) is 26.7 Å². The average molecular weight is 436 g/mol. The fourth-order valence-electron chi connectivity index (χ4n) is 4.15. The Labute approximate surface area is 188 Å². The molecule has 2 heterocycles. The first-order valence-electron chi connectivity index (χ1n) is 10.8. The number of amides is 1. The van der Waals surface area contributed by atoms with Crippen molar-refractivity contribution in [3.05, 3.63) is 70.9 Å². The Morgan fingerprint density at radius 2 is 1.81 bits per heavy atom. The summed E-state index contributed by atoms with van der Waals surface area (Å²) < 4.78 is 5.32. The minimum absolute atomic E-state index is 0.112.